The van der Waals surface area contributed by atoms with Crippen LogP contribution in [0.1, 0.15) is 11.1 Å². The summed E-state index contributed by atoms with van der Waals surface area (Å²) in [5.41, 5.74) is 2.45. The van der Waals surface area contributed by atoms with Crippen LogP contribution in [0.15, 0.2) is 78.0 Å². The summed E-state index contributed by atoms with van der Waals surface area (Å²) in [6, 6.07) is 17.3. The van der Waals surface area contributed by atoms with E-state index in [1.54, 1.807) is 60.9 Å². The van der Waals surface area contributed by atoms with Gasteiger partial charge in [0, 0.05) is 23.6 Å². The number of hydrogen-bond donors (Lipinski definition) is 1. The minimum Gasteiger partial charge on any atom is -0.489 e. The van der Waals surface area contributed by atoms with Crippen LogP contribution >= 0.6 is 0 Å². The van der Waals surface area contributed by atoms with Crippen LogP contribution < -0.4 is 9.46 Å². The standard InChI is InChI=1S/C19H18N2O3S/c1-15-4-10-19(11-5-15)25(22,23)21-17-6-8-18(9-7-17)24-14-16-3-2-12-20-13-16/h2-13,21H,14H2,1H3. The van der Waals surface area contributed by atoms with E-state index in [2.05, 4.69) is 9.71 Å². The molecule has 0 spiro atoms. The summed E-state index contributed by atoms with van der Waals surface area (Å²) < 4.78 is 32.9. The van der Waals surface area contributed by atoms with Crippen molar-refractivity contribution in [1.82, 2.24) is 4.98 Å². The third-order valence-corrected chi connectivity index (χ3v) is 4.96. The summed E-state index contributed by atoms with van der Waals surface area (Å²) in [4.78, 5) is 4.26. The van der Waals surface area contributed by atoms with E-state index in [1.165, 1.54) is 0 Å². The Balaban J connectivity index is 1.65. The van der Waals surface area contributed by atoms with E-state index in [9.17, 15) is 8.42 Å². The molecule has 1 heterocycles. The molecule has 0 bridgehead atoms. The van der Waals surface area contributed by atoms with Crippen LogP contribution in [0.25, 0.3) is 0 Å². The molecular formula is C19H18N2O3S. The monoisotopic (exact) mass is 354 g/mol. The van der Waals surface area contributed by atoms with Gasteiger partial charge in [-0.05, 0) is 49.4 Å². The van der Waals surface area contributed by atoms with E-state index in [0.29, 0.717) is 18.0 Å². The quantitative estimate of drug-likeness (QED) is 0.732. The van der Waals surface area contributed by atoms with E-state index in [0.717, 1.165) is 11.1 Å². The third-order valence-electron chi connectivity index (χ3n) is 3.57. The minimum atomic E-state index is -3.60. The molecule has 5 nitrogen and oxygen atoms in total. The lowest BCUT2D eigenvalue weighted by Crippen LogP contribution is -2.12. The highest BCUT2D eigenvalue weighted by molar-refractivity contribution is 7.92. The van der Waals surface area contributed by atoms with Crippen LogP contribution in [0, 0.1) is 6.92 Å². The van der Waals surface area contributed by atoms with Crippen molar-refractivity contribution in [2.75, 3.05) is 4.72 Å². The van der Waals surface area contributed by atoms with Gasteiger partial charge in [0.1, 0.15) is 12.4 Å². The summed E-state index contributed by atoms with van der Waals surface area (Å²) in [7, 11) is -3.60. The van der Waals surface area contributed by atoms with Gasteiger partial charge in [0.15, 0.2) is 0 Å². The number of nitrogens with zero attached hydrogens (tertiary/aromatic N) is 1. The molecule has 0 aliphatic carbocycles. The van der Waals surface area contributed by atoms with Gasteiger partial charge in [0.25, 0.3) is 10.0 Å². The Morgan fingerprint density at radius 3 is 2.36 bits per heavy atom. The zero-order valence-corrected chi connectivity index (χ0v) is 14.5. The smallest absolute Gasteiger partial charge is 0.261 e. The number of sulfonamides is 1. The molecule has 2 aromatic carbocycles. The number of hydrogen-bond acceptors (Lipinski definition) is 4. The zero-order chi connectivity index (χ0) is 17.7. The minimum absolute atomic E-state index is 0.231. The van der Waals surface area contributed by atoms with Gasteiger partial charge in [-0.25, -0.2) is 8.42 Å². The maximum atomic E-state index is 12.4. The van der Waals surface area contributed by atoms with Crippen molar-refractivity contribution >= 4 is 15.7 Å². The number of nitrogens with one attached hydrogen (secondary N) is 1. The van der Waals surface area contributed by atoms with Gasteiger partial charge in [-0.15, -0.1) is 0 Å². The van der Waals surface area contributed by atoms with Crippen molar-refractivity contribution in [2.45, 2.75) is 18.4 Å². The Morgan fingerprint density at radius 1 is 1.00 bits per heavy atom. The lowest BCUT2D eigenvalue weighted by Gasteiger charge is -2.10. The lowest BCUT2D eigenvalue weighted by atomic mass is 10.2. The highest BCUT2D eigenvalue weighted by Crippen LogP contribution is 2.20. The fourth-order valence-electron chi connectivity index (χ4n) is 2.20. The number of pyridine rings is 1. The second-order valence-corrected chi connectivity index (χ2v) is 7.28. The summed E-state index contributed by atoms with van der Waals surface area (Å²) in [5, 5.41) is 0. The van der Waals surface area contributed by atoms with E-state index < -0.39 is 10.0 Å². The zero-order valence-electron chi connectivity index (χ0n) is 13.7. The molecule has 3 rings (SSSR count). The van der Waals surface area contributed by atoms with Crippen molar-refractivity contribution < 1.29 is 13.2 Å². The lowest BCUT2D eigenvalue weighted by molar-refractivity contribution is 0.306. The van der Waals surface area contributed by atoms with Crippen LogP contribution in [0.3, 0.4) is 0 Å². The fraction of sp³-hybridized carbons (Fsp3) is 0.105. The number of rotatable bonds is 6. The van der Waals surface area contributed by atoms with Gasteiger partial charge in [-0.3, -0.25) is 9.71 Å². The van der Waals surface area contributed by atoms with Crippen molar-refractivity contribution in [3.8, 4) is 5.75 Å². The first-order valence-electron chi connectivity index (χ1n) is 7.74. The van der Waals surface area contributed by atoms with Crippen molar-refractivity contribution in [2.24, 2.45) is 0 Å². The molecule has 0 amide bonds. The second kappa shape index (κ2) is 7.36. The Labute approximate surface area is 147 Å². The molecule has 0 fully saturated rings. The number of ether oxygens (including phenoxy) is 1. The molecule has 0 aliphatic rings. The average Bonchev–Trinajstić information content (AvgIpc) is 2.62. The van der Waals surface area contributed by atoms with Crippen molar-refractivity contribution in [1.29, 1.82) is 0 Å². The van der Waals surface area contributed by atoms with Crippen LogP contribution in [0.5, 0.6) is 5.75 Å². The Bertz CT molecular complexity index is 923. The Hall–Kier alpha value is -2.86. The van der Waals surface area contributed by atoms with E-state index >= 15 is 0 Å². The first-order valence-corrected chi connectivity index (χ1v) is 9.22. The summed E-state index contributed by atoms with van der Waals surface area (Å²) in [6.07, 6.45) is 3.45. The van der Waals surface area contributed by atoms with Gasteiger partial charge < -0.3 is 4.74 Å². The molecule has 128 valence electrons. The molecule has 6 heteroatoms. The molecule has 25 heavy (non-hydrogen) atoms. The van der Waals surface area contributed by atoms with Crippen LogP contribution in [0.2, 0.25) is 0 Å². The van der Waals surface area contributed by atoms with Gasteiger partial charge >= 0.3 is 0 Å². The molecule has 3 aromatic rings. The predicted molar refractivity (Wildman–Crippen MR) is 97.0 cm³/mol. The second-order valence-electron chi connectivity index (χ2n) is 5.59. The Kier molecular flexibility index (Phi) is 5.00. The van der Waals surface area contributed by atoms with Crippen molar-refractivity contribution in [3.05, 3.63) is 84.2 Å². The molecule has 0 saturated carbocycles. The fourth-order valence-corrected chi connectivity index (χ4v) is 3.26. The van der Waals surface area contributed by atoms with Crippen molar-refractivity contribution in [3.63, 3.8) is 0 Å². The molecule has 1 aromatic heterocycles. The number of aryl methyl sites for hydroxylation is 1. The normalized spacial score (nSPS) is 11.1. The van der Waals surface area contributed by atoms with Crippen LogP contribution in [-0.2, 0) is 16.6 Å². The average molecular weight is 354 g/mol. The van der Waals surface area contributed by atoms with Gasteiger partial charge in [0.2, 0.25) is 0 Å². The highest BCUT2D eigenvalue weighted by Gasteiger charge is 2.13. The maximum absolute atomic E-state index is 12.4. The molecule has 1 N–H and O–H groups in total. The maximum Gasteiger partial charge on any atom is 0.261 e. The first kappa shape index (κ1) is 17.0. The Morgan fingerprint density at radius 2 is 1.72 bits per heavy atom. The van der Waals surface area contributed by atoms with Gasteiger partial charge in [-0.2, -0.15) is 0 Å². The molecule has 0 saturated heterocycles. The topological polar surface area (TPSA) is 68.3 Å². The number of aromatic nitrogens is 1. The summed E-state index contributed by atoms with van der Waals surface area (Å²) in [5.74, 6) is 0.655. The third kappa shape index (κ3) is 4.58. The first-order chi connectivity index (χ1) is 12.0. The van der Waals surface area contributed by atoms with Crippen LogP contribution in [0.4, 0.5) is 5.69 Å². The SMILES string of the molecule is Cc1ccc(S(=O)(=O)Nc2ccc(OCc3cccnc3)cc2)cc1. The number of anilines is 1. The molecule has 0 radical (unpaired) electrons. The summed E-state index contributed by atoms with van der Waals surface area (Å²) >= 11 is 0. The van der Waals surface area contributed by atoms with E-state index in [4.69, 9.17) is 4.74 Å². The molecular weight excluding hydrogens is 336 g/mol. The van der Waals surface area contributed by atoms with Gasteiger partial charge in [-0.1, -0.05) is 23.8 Å². The number of benzene rings is 2. The van der Waals surface area contributed by atoms with Crippen LogP contribution in [-0.4, -0.2) is 13.4 Å². The largest absolute Gasteiger partial charge is 0.489 e. The molecule has 0 unspecified atom stereocenters. The molecule has 0 atom stereocenters. The van der Waals surface area contributed by atoms with E-state index in [-0.39, 0.29) is 4.90 Å². The molecule has 0 aliphatic heterocycles. The summed E-state index contributed by atoms with van der Waals surface area (Å²) in [6.45, 7) is 2.32. The highest BCUT2D eigenvalue weighted by atomic mass is 32.2. The van der Waals surface area contributed by atoms with Gasteiger partial charge in [0.05, 0.1) is 4.90 Å². The van der Waals surface area contributed by atoms with E-state index in [1.807, 2.05) is 19.1 Å². The predicted octanol–water partition coefficient (Wildman–Crippen LogP) is 3.77.